The van der Waals surface area contributed by atoms with Crippen LogP contribution in [0.3, 0.4) is 0 Å². The van der Waals surface area contributed by atoms with Gasteiger partial charge in [-0.05, 0) is 82.6 Å². The number of anilines is 3. The number of furan rings is 1. The summed E-state index contributed by atoms with van der Waals surface area (Å²) in [5.74, 6) is 0. The lowest BCUT2D eigenvalue weighted by Gasteiger charge is -2.26. The normalized spacial score (nSPS) is 11.7. The highest BCUT2D eigenvalue weighted by molar-refractivity contribution is 7.25. The Bertz CT molecular complexity index is 2450. The van der Waals surface area contributed by atoms with Gasteiger partial charge in [0.1, 0.15) is 11.2 Å². The summed E-state index contributed by atoms with van der Waals surface area (Å²) in [5, 5.41) is 7.37. The van der Waals surface area contributed by atoms with Crippen LogP contribution < -0.4 is 4.90 Å². The van der Waals surface area contributed by atoms with E-state index in [0.29, 0.717) is 0 Å². The maximum Gasteiger partial charge on any atom is 0.137 e. The van der Waals surface area contributed by atoms with Crippen LogP contribution in [0.1, 0.15) is 0 Å². The smallest absolute Gasteiger partial charge is 0.137 e. The number of hydrogen-bond acceptors (Lipinski definition) is 3. The van der Waals surface area contributed by atoms with Crippen molar-refractivity contribution in [2.45, 2.75) is 0 Å². The van der Waals surface area contributed by atoms with Crippen LogP contribution in [0.2, 0.25) is 0 Å². The molecule has 0 aliphatic carbocycles. The van der Waals surface area contributed by atoms with E-state index >= 15 is 0 Å². The van der Waals surface area contributed by atoms with Gasteiger partial charge in [-0.3, -0.25) is 0 Å². The maximum absolute atomic E-state index is 6.32. The standard InChI is InChI=1S/C40H25NOS/c1-2-8-26(9-3-1)27-14-17-30(18-15-27)41(32-20-21-34-33-10-4-6-12-37(33)42-38(34)25-32)31-19-16-28-24-40-36(23-29(28)22-31)35-11-5-7-13-39(35)43-40/h1-25H. The second kappa shape index (κ2) is 9.59. The van der Waals surface area contributed by atoms with Crippen LogP contribution in [-0.2, 0) is 0 Å². The zero-order valence-corrected chi connectivity index (χ0v) is 24.0. The van der Waals surface area contributed by atoms with E-state index in [1.54, 1.807) is 0 Å². The fraction of sp³-hybridized carbons (Fsp3) is 0. The molecule has 0 unspecified atom stereocenters. The summed E-state index contributed by atoms with van der Waals surface area (Å²) in [6, 6.07) is 54.3. The molecule has 0 N–H and O–H groups in total. The summed E-state index contributed by atoms with van der Waals surface area (Å²) in [7, 11) is 0. The predicted octanol–water partition coefficient (Wildman–Crippen LogP) is 12.2. The summed E-state index contributed by atoms with van der Waals surface area (Å²) < 4.78 is 8.97. The Labute approximate surface area is 252 Å². The van der Waals surface area contributed by atoms with Crippen molar-refractivity contribution in [3.8, 4) is 11.1 Å². The van der Waals surface area contributed by atoms with E-state index in [1.165, 1.54) is 42.1 Å². The molecule has 2 nitrogen and oxygen atoms in total. The first kappa shape index (κ1) is 24.2. The van der Waals surface area contributed by atoms with Crippen LogP contribution in [0.5, 0.6) is 0 Å². The first-order chi connectivity index (χ1) is 21.3. The Balaban J connectivity index is 1.23. The van der Waals surface area contributed by atoms with Crippen molar-refractivity contribution in [2.24, 2.45) is 0 Å². The number of rotatable bonds is 4. The fourth-order valence-corrected chi connectivity index (χ4v) is 7.47. The first-order valence-corrected chi connectivity index (χ1v) is 15.3. The molecule has 2 aromatic heterocycles. The van der Waals surface area contributed by atoms with Crippen LogP contribution in [0.15, 0.2) is 156 Å². The average Bonchev–Trinajstić information content (AvgIpc) is 3.62. The molecule has 43 heavy (non-hydrogen) atoms. The van der Waals surface area contributed by atoms with Crippen molar-refractivity contribution in [1.29, 1.82) is 0 Å². The number of thiophene rings is 1. The third-order valence-corrected chi connectivity index (χ3v) is 9.56. The van der Waals surface area contributed by atoms with Crippen molar-refractivity contribution < 1.29 is 4.42 Å². The van der Waals surface area contributed by atoms with Crippen molar-refractivity contribution >= 4 is 81.3 Å². The lowest BCUT2D eigenvalue weighted by molar-refractivity contribution is 0.669. The van der Waals surface area contributed by atoms with Gasteiger partial charge in [-0.1, -0.05) is 84.9 Å². The lowest BCUT2D eigenvalue weighted by Crippen LogP contribution is -2.09. The van der Waals surface area contributed by atoms with E-state index in [1.807, 2.05) is 23.5 Å². The summed E-state index contributed by atoms with van der Waals surface area (Å²) in [5.41, 5.74) is 7.46. The summed E-state index contributed by atoms with van der Waals surface area (Å²) in [4.78, 5) is 2.33. The molecule has 0 spiro atoms. The fourth-order valence-electron chi connectivity index (χ4n) is 6.33. The Morgan fingerprint density at radius 2 is 1.07 bits per heavy atom. The highest BCUT2D eigenvalue weighted by Gasteiger charge is 2.17. The van der Waals surface area contributed by atoms with Gasteiger partial charge in [0.2, 0.25) is 0 Å². The highest BCUT2D eigenvalue weighted by atomic mass is 32.1. The van der Waals surface area contributed by atoms with Gasteiger partial charge in [0.05, 0.1) is 0 Å². The Morgan fingerprint density at radius 1 is 0.395 bits per heavy atom. The molecular formula is C40H25NOS. The van der Waals surface area contributed by atoms with Gasteiger partial charge in [0, 0.05) is 54.1 Å². The van der Waals surface area contributed by atoms with Crippen molar-refractivity contribution in [2.75, 3.05) is 4.90 Å². The van der Waals surface area contributed by atoms with Gasteiger partial charge < -0.3 is 9.32 Å². The Kier molecular flexibility index (Phi) is 5.40. The number of benzene rings is 7. The van der Waals surface area contributed by atoms with Gasteiger partial charge in [0.15, 0.2) is 0 Å². The van der Waals surface area contributed by atoms with Crippen LogP contribution in [0, 0.1) is 0 Å². The van der Waals surface area contributed by atoms with E-state index in [-0.39, 0.29) is 0 Å². The number of para-hydroxylation sites is 1. The molecule has 0 bridgehead atoms. The molecule has 0 amide bonds. The molecule has 0 atom stereocenters. The molecule has 9 aromatic rings. The minimum Gasteiger partial charge on any atom is -0.456 e. The molecule has 3 heteroatoms. The monoisotopic (exact) mass is 567 g/mol. The molecule has 0 saturated carbocycles. The molecule has 9 rings (SSSR count). The topological polar surface area (TPSA) is 16.4 Å². The quantitative estimate of drug-likeness (QED) is 0.210. The molecule has 0 fully saturated rings. The SMILES string of the molecule is c1ccc(-c2ccc(N(c3ccc4cc5sc6ccccc6c5cc4c3)c3ccc4c(c3)oc3ccccc34)cc2)cc1. The minimum absolute atomic E-state index is 0.886. The summed E-state index contributed by atoms with van der Waals surface area (Å²) in [6.45, 7) is 0. The zero-order chi connectivity index (χ0) is 28.3. The molecule has 7 aromatic carbocycles. The molecule has 0 saturated heterocycles. The number of fused-ring (bicyclic) bond motifs is 7. The number of hydrogen-bond donors (Lipinski definition) is 0. The van der Waals surface area contributed by atoms with Crippen LogP contribution >= 0.6 is 11.3 Å². The van der Waals surface area contributed by atoms with E-state index in [0.717, 1.165) is 39.0 Å². The van der Waals surface area contributed by atoms with Gasteiger partial charge >= 0.3 is 0 Å². The van der Waals surface area contributed by atoms with Gasteiger partial charge in [-0.2, -0.15) is 0 Å². The van der Waals surface area contributed by atoms with Gasteiger partial charge in [0.25, 0.3) is 0 Å². The highest BCUT2D eigenvalue weighted by Crippen LogP contribution is 2.42. The summed E-state index contributed by atoms with van der Waals surface area (Å²) >= 11 is 1.86. The first-order valence-electron chi connectivity index (χ1n) is 14.5. The van der Waals surface area contributed by atoms with Crippen molar-refractivity contribution in [3.05, 3.63) is 152 Å². The predicted molar refractivity (Wildman–Crippen MR) is 184 cm³/mol. The molecule has 0 aliphatic heterocycles. The summed E-state index contributed by atoms with van der Waals surface area (Å²) in [6.07, 6.45) is 0. The molecular weight excluding hydrogens is 543 g/mol. The van der Waals surface area contributed by atoms with Crippen LogP contribution in [0.4, 0.5) is 17.1 Å². The molecule has 202 valence electrons. The largest absolute Gasteiger partial charge is 0.456 e. The second-order valence-corrected chi connectivity index (χ2v) is 12.1. The lowest BCUT2D eigenvalue weighted by atomic mass is 10.0. The van der Waals surface area contributed by atoms with Gasteiger partial charge in [-0.15, -0.1) is 11.3 Å². The maximum atomic E-state index is 6.32. The van der Waals surface area contributed by atoms with Crippen LogP contribution in [-0.4, -0.2) is 0 Å². The zero-order valence-electron chi connectivity index (χ0n) is 23.2. The molecule has 0 radical (unpaired) electrons. The van der Waals surface area contributed by atoms with E-state index in [2.05, 4.69) is 144 Å². The van der Waals surface area contributed by atoms with Crippen molar-refractivity contribution in [3.63, 3.8) is 0 Å². The van der Waals surface area contributed by atoms with Gasteiger partial charge in [-0.25, -0.2) is 0 Å². The average molecular weight is 568 g/mol. The molecule has 2 heterocycles. The third kappa shape index (κ3) is 4.01. The van der Waals surface area contributed by atoms with E-state index in [9.17, 15) is 0 Å². The van der Waals surface area contributed by atoms with E-state index in [4.69, 9.17) is 4.42 Å². The minimum atomic E-state index is 0.886. The third-order valence-electron chi connectivity index (χ3n) is 8.43. The van der Waals surface area contributed by atoms with Crippen LogP contribution in [0.25, 0.3) is 64.0 Å². The second-order valence-electron chi connectivity index (χ2n) is 11.0. The molecule has 0 aliphatic rings. The Hall–Kier alpha value is -5.38. The van der Waals surface area contributed by atoms with E-state index < -0.39 is 0 Å². The van der Waals surface area contributed by atoms with Crippen molar-refractivity contribution in [1.82, 2.24) is 0 Å². The number of nitrogens with zero attached hydrogens (tertiary/aromatic N) is 1. The Morgan fingerprint density at radius 3 is 1.95 bits per heavy atom.